The van der Waals surface area contributed by atoms with Gasteiger partial charge in [0.25, 0.3) is 0 Å². The highest BCUT2D eigenvalue weighted by Crippen LogP contribution is 2.43. The number of nitrogens with zero attached hydrogens (tertiary/aromatic N) is 1. The van der Waals surface area contributed by atoms with Crippen molar-refractivity contribution in [2.45, 2.75) is 0 Å². The number of hydrogen-bond donors (Lipinski definition) is 2. The molecule has 1 heterocycles. The lowest BCUT2D eigenvalue weighted by Gasteiger charge is -2.34. The minimum absolute atomic E-state index is 0.0635. The molecule has 7 nitrogen and oxygen atoms in total. The van der Waals surface area contributed by atoms with E-state index >= 15 is 0 Å². The Hall–Kier alpha value is -3.16. The maximum absolute atomic E-state index is 13.3. The van der Waals surface area contributed by atoms with E-state index in [0.717, 1.165) is 0 Å². The molecule has 2 aromatic rings. The first kappa shape index (κ1) is 17.7. The molecule has 0 aromatic heterocycles. The van der Waals surface area contributed by atoms with Crippen LogP contribution in [0.2, 0.25) is 0 Å². The number of carboxylic acids is 1. The summed E-state index contributed by atoms with van der Waals surface area (Å²) in [7, 11) is 2.79. The fraction of sp³-hybridized carbons (Fsp3) is 0.158. The van der Waals surface area contributed by atoms with Crippen molar-refractivity contribution in [3.05, 3.63) is 53.6 Å². The molecule has 26 heavy (non-hydrogen) atoms. The Labute approximate surface area is 149 Å². The fourth-order valence-corrected chi connectivity index (χ4v) is 3.12. The van der Waals surface area contributed by atoms with Gasteiger partial charge in [0, 0.05) is 6.07 Å². The summed E-state index contributed by atoms with van der Waals surface area (Å²) in [6.45, 7) is -0.578. The number of ether oxygens (including phenoxy) is 1. The number of rotatable bonds is 5. The van der Waals surface area contributed by atoms with Crippen LogP contribution in [0.3, 0.4) is 0 Å². The number of quaternary nitrogens is 1. The molecular weight excluding hydrogens is 338 g/mol. The van der Waals surface area contributed by atoms with Gasteiger partial charge in [0.2, 0.25) is 6.54 Å². The molecule has 0 bridgehead atoms. The molecule has 0 fully saturated rings. The summed E-state index contributed by atoms with van der Waals surface area (Å²) < 4.78 is 4.56. The van der Waals surface area contributed by atoms with Gasteiger partial charge in [-0.15, -0.1) is 0 Å². The van der Waals surface area contributed by atoms with E-state index in [-0.39, 0.29) is 11.3 Å². The molecular formula is C19H18NO6+. The zero-order valence-electron chi connectivity index (χ0n) is 14.3. The van der Waals surface area contributed by atoms with Gasteiger partial charge in [-0.3, -0.25) is 0 Å². The molecule has 3 rings (SSSR count). The van der Waals surface area contributed by atoms with E-state index in [4.69, 9.17) is 9.57 Å². The molecule has 1 amide bonds. The SMILES string of the molecule is COc1cccc2c1C=C(c1ccc(O)cc1)C(=O)[N+]2(CC(=O)O)OC. The lowest BCUT2D eigenvalue weighted by Crippen LogP contribution is -2.57. The monoisotopic (exact) mass is 356 g/mol. The highest BCUT2D eigenvalue weighted by Gasteiger charge is 2.50. The highest BCUT2D eigenvalue weighted by molar-refractivity contribution is 6.30. The molecule has 2 aromatic carbocycles. The van der Waals surface area contributed by atoms with Crippen molar-refractivity contribution in [1.82, 2.24) is 4.65 Å². The molecule has 1 atom stereocenters. The number of hydrogen-bond acceptors (Lipinski definition) is 5. The van der Waals surface area contributed by atoms with Crippen LogP contribution in [-0.2, 0) is 14.4 Å². The first-order chi connectivity index (χ1) is 12.4. The zero-order chi connectivity index (χ0) is 18.9. The number of aromatic hydroxyl groups is 1. The van der Waals surface area contributed by atoms with Crippen LogP contribution in [0.25, 0.3) is 11.6 Å². The molecule has 0 saturated carbocycles. The fourth-order valence-electron chi connectivity index (χ4n) is 3.12. The van der Waals surface area contributed by atoms with Gasteiger partial charge in [-0.05, 0) is 29.8 Å². The van der Waals surface area contributed by atoms with E-state index in [2.05, 4.69) is 0 Å². The van der Waals surface area contributed by atoms with Crippen molar-refractivity contribution in [1.29, 1.82) is 0 Å². The molecule has 7 heteroatoms. The molecule has 2 N–H and O–H groups in total. The van der Waals surface area contributed by atoms with Crippen LogP contribution >= 0.6 is 0 Å². The van der Waals surface area contributed by atoms with E-state index in [1.807, 2.05) is 0 Å². The predicted molar refractivity (Wildman–Crippen MR) is 95.3 cm³/mol. The van der Waals surface area contributed by atoms with Gasteiger partial charge >= 0.3 is 11.9 Å². The molecule has 1 aliphatic heterocycles. The number of carboxylic acid groups (broad SMARTS) is 1. The van der Waals surface area contributed by atoms with Crippen LogP contribution in [0.5, 0.6) is 11.5 Å². The van der Waals surface area contributed by atoms with Crippen molar-refractivity contribution in [3.63, 3.8) is 0 Å². The summed E-state index contributed by atoms with van der Waals surface area (Å²) in [5.41, 5.74) is 1.77. The number of fused-ring (bicyclic) bond motifs is 1. The van der Waals surface area contributed by atoms with Crippen LogP contribution in [0.1, 0.15) is 11.1 Å². The number of phenols is 1. The number of phenolic OH excluding ortho intramolecular Hbond substituents is 1. The van der Waals surface area contributed by atoms with Crippen LogP contribution in [0.15, 0.2) is 42.5 Å². The third-order valence-electron chi connectivity index (χ3n) is 4.35. The van der Waals surface area contributed by atoms with Gasteiger partial charge in [0.05, 0.1) is 25.4 Å². The van der Waals surface area contributed by atoms with Crippen LogP contribution in [0, 0.1) is 0 Å². The Kier molecular flexibility index (Phi) is 4.50. The average molecular weight is 356 g/mol. The smallest absolute Gasteiger partial charge is 0.384 e. The normalized spacial score (nSPS) is 18.8. The summed E-state index contributed by atoms with van der Waals surface area (Å²) in [6.07, 6.45) is 1.65. The Morgan fingerprint density at radius 2 is 1.81 bits per heavy atom. The molecule has 0 saturated heterocycles. The number of amides is 1. The molecule has 134 valence electrons. The van der Waals surface area contributed by atoms with Gasteiger partial charge in [-0.25, -0.2) is 9.59 Å². The van der Waals surface area contributed by atoms with Crippen molar-refractivity contribution in [3.8, 4) is 11.5 Å². The summed E-state index contributed by atoms with van der Waals surface area (Å²) in [5.74, 6) is -1.13. The van der Waals surface area contributed by atoms with Crippen LogP contribution in [-0.4, -0.2) is 42.9 Å². The topological polar surface area (TPSA) is 93.1 Å². The quantitative estimate of drug-likeness (QED) is 0.800. The Bertz CT molecular complexity index is 903. The average Bonchev–Trinajstić information content (AvgIpc) is 2.63. The van der Waals surface area contributed by atoms with Gasteiger partial charge in [-0.1, -0.05) is 22.8 Å². The van der Waals surface area contributed by atoms with E-state index in [9.17, 15) is 19.8 Å². The third kappa shape index (κ3) is 2.73. The number of aliphatic carboxylic acids is 1. The second-order valence-electron chi connectivity index (χ2n) is 5.78. The molecule has 0 radical (unpaired) electrons. The number of carbonyl (C=O) groups is 2. The number of methoxy groups -OCH3 is 1. The molecule has 1 unspecified atom stereocenters. The summed E-state index contributed by atoms with van der Waals surface area (Å²) in [4.78, 5) is 30.2. The van der Waals surface area contributed by atoms with Crippen LogP contribution in [0.4, 0.5) is 5.69 Å². The molecule has 0 aliphatic carbocycles. The lowest BCUT2D eigenvalue weighted by atomic mass is 9.95. The Balaban J connectivity index is 2.30. The highest BCUT2D eigenvalue weighted by atomic mass is 16.7. The minimum Gasteiger partial charge on any atom is -0.508 e. The first-order valence-corrected chi connectivity index (χ1v) is 7.82. The zero-order valence-corrected chi connectivity index (χ0v) is 14.3. The largest absolute Gasteiger partial charge is 0.508 e. The second-order valence-corrected chi connectivity index (χ2v) is 5.78. The van der Waals surface area contributed by atoms with Gasteiger partial charge in [0.15, 0.2) is 5.69 Å². The predicted octanol–water partition coefficient (Wildman–Crippen LogP) is 2.43. The Morgan fingerprint density at radius 1 is 1.12 bits per heavy atom. The van der Waals surface area contributed by atoms with Crippen LogP contribution < -0.4 is 9.38 Å². The van der Waals surface area contributed by atoms with Crippen molar-refractivity contribution in [2.75, 3.05) is 20.8 Å². The summed E-state index contributed by atoms with van der Waals surface area (Å²) in [6, 6.07) is 11.1. The minimum atomic E-state index is -1.18. The summed E-state index contributed by atoms with van der Waals surface area (Å²) in [5, 5.41) is 18.9. The van der Waals surface area contributed by atoms with Crippen molar-refractivity contribution < 1.29 is 29.4 Å². The number of benzene rings is 2. The van der Waals surface area contributed by atoms with Gasteiger partial charge in [-0.2, -0.15) is 4.84 Å². The van der Waals surface area contributed by atoms with Gasteiger partial charge in [0.1, 0.15) is 11.5 Å². The van der Waals surface area contributed by atoms with Crippen molar-refractivity contribution in [2.24, 2.45) is 0 Å². The first-order valence-electron chi connectivity index (χ1n) is 7.82. The van der Waals surface area contributed by atoms with Crippen molar-refractivity contribution >= 4 is 29.2 Å². The standard InChI is InChI=1S/C19H17NO6/c1-25-17-5-3-4-16-15(17)10-14(12-6-8-13(21)9-7-12)19(24)20(16,26-2)11-18(22)23/h3-10H,11H2,1-2H3,(H-,21,22,23)/p+1. The maximum atomic E-state index is 13.3. The molecule has 0 spiro atoms. The number of hydroxylamine groups is 2. The summed E-state index contributed by atoms with van der Waals surface area (Å²) >= 11 is 0. The van der Waals surface area contributed by atoms with E-state index in [1.165, 1.54) is 26.4 Å². The second kappa shape index (κ2) is 6.62. The van der Waals surface area contributed by atoms with E-state index in [0.29, 0.717) is 22.6 Å². The van der Waals surface area contributed by atoms with E-state index in [1.54, 1.807) is 36.4 Å². The van der Waals surface area contributed by atoms with Gasteiger partial charge < -0.3 is 14.9 Å². The Morgan fingerprint density at radius 3 is 2.38 bits per heavy atom. The third-order valence-corrected chi connectivity index (χ3v) is 4.35. The van der Waals surface area contributed by atoms with E-state index < -0.39 is 23.1 Å². The maximum Gasteiger partial charge on any atom is 0.384 e. The number of carbonyl (C=O) groups excluding carboxylic acids is 1. The molecule has 1 aliphatic rings. The lowest BCUT2D eigenvalue weighted by molar-refractivity contribution is -0.173.